The molecule has 5 nitrogen and oxygen atoms in total. The van der Waals surface area contributed by atoms with Gasteiger partial charge in [-0.05, 0) is 61.0 Å². The molecule has 29 heavy (non-hydrogen) atoms. The molecule has 0 spiro atoms. The van der Waals surface area contributed by atoms with E-state index in [0.717, 1.165) is 30.0 Å². The molecule has 0 fully saturated rings. The van der Waals surface area contributed by atoms with Crippen molar-refractivity contribution in [3.8, 4) is 11.5 Å². The first kappa shape index (κ1) is 19.4. The van der Waals surface area contributed by atoms with Crippen molar-refractivity contribution in [1.29, 1.82) is 0 Å². The van der Waals surface area contributed by atoms with Gasteiger partial charge in [0.05, 0.1) is 13.2 Å². The molecule has 0 N–H and O–H groups in total. The zero-order valence-electron chi connectivity index (χ0n) is 17.2. The first-order valence-electron chi connectivity index (χ1n) is 10.4. The number of carbonyl (C=O) groups excluding carboxylic acids is 1. The number of nitrogens with zero attached hydrogens (tertiary/aromatic N) is 2. The number of benzene rings is 2. The number of fused-ring (bicyclic) bond motifs is 2. The van der Waals surface area contributed by atoms with E-state index in [2.05, 4.69) is 35.0 Å². The number of aromatic nitrogens is 1. The summed E-state index contributed by atoms with van der Waals surface area (Å²) in [4.78, 5) is 14.8. The van der Waals surface area contributed by atoms with Crippen molar-refractivity contribution >= 4 is 16.8 Å². The highest BCUT2D eigenvalue weighted by Gasteiger charge is 2.23. The van der Waals surface area contributed by atoms with Crippen LogP contribution in [0.5, 0.6) is 11.5 Å². The van der Waals surface area contributed by atoms with Crippen LogP contribution in [-0.4, -0.2) is 35.1 Å². The highest BCUT2D eigenvalue weighted by molar-refractivity contribution is 5.80. The molecule has 0 radical (unpaired) electrons. The van der Waals surface area contributed by atoms with Crippen LogP contribution in [0.2, 0.25) is 0 Å². The molecule has 2 heterocycles. The highest BCUT2D eigenvalue weighted by Crippen LogP contribution is 2.34. The molecule has 1 aliphatic heterocycles. The van der Waals surface area contributed by atoms with Gasteiger partial charge in [0.25, 0.3) is 0 Å². The summed E-state index contributed by atoms with van der Waals surface area (Å²) in [6.45, 7) is 7.22. The predicted octanol–water partition coefficient (Wildman–Crippen LogP) is 4.41. The van der Waals surface area contributed by atoms with E-state index in [-0.39, 0.29) is 5.91 Å². The third kappa shape index (κ3) is 4.09. The Morgan fingerprint density at radius 2 is 1.72 bits per heavy atom. The fourth-order valence-corrected chi connectivity index (χ4v) is 4.02. The van der Waals surface area contributed by atoms with Crippen LogP contribution in [0.4, 0.5) is 0 Å². The molecule has 152 valence electrons. The lowest BCUT2D eigenvalue weighted by Crippen LogP contribution is -2.36. The Balaban J connectivity index is 1.44. The maximum Gasteiger partial charge on any atom is 0.224 e. The molecule has 4 rings (SSSR count). The Hall–Kier alpha value is -2.95. The van der Waals surface area contributed by atoms with Crippen molar-refractivity contribution in [2.24, 2.45) is 0 Å². The summed E-state index contributed by atoms with van der Waals surface area (Å²) < 4.78 is 13.7. The lowest BCUT2D eigenvalue weighted by molar-refractivity contribution is -0.132. The summed E-state index contributed by atoms with van der Waals surface area (Å²) in [5, 5.41) is 1.21. The van der Waals surface area contributed by atoms with E-state index in [4.69, 9.17) is 9.47 Å². The van der Waals surface area contributed by atoms with Crippen LogP contribution in [0.1, 0.15) is 31.4 Å². The maximum absolute atomic E-state index is 12.9. The largest absolute Gasteiger partial charge is 0.490 e. The van der Waals surface area contributed by atoms with E-state index in [9.17, 15) is 4.79 Å². The van der Waals surface area contributed by atoms with Gasteiger partial charge in [-0.1, -0.05) is 18.2 Å². The zero-order valence-corrected chi connectivity index (χ0v) is 17.2. The first-order chi connectivity index (χ1) is 14.2. The molecule has 1 aliphatic rings. The van der Waals surface area contributed by atoms with Crippen LogP contribution in [0.15, 0.2) is 48.7 Å². The maximum atomic E-state index is 12.9. The summed E-state index contributed by atoms with van der Waals surface area (Å²) in [6, 6.07) is 14.5. The second-order valence-electron chi connectivity index (χ2n) is 7.32. The molecule has 3 aromatic rings. The quantitative estimate of drug-likeness (QED) is 0.598. The molecule has 0 atom stereocenters. The van der Waals surface area contributed by atoms with Crippen LogP contribution >= 0.6 is 0 Å². The molecule has 0 aliphatic carbocycles. The summed E-state index contributed by atoms with van der Waals surface area (Å²) in [5.74, 6) is 1.76. The summed E-state index contributed by atoms with van der Waals surface area (Å²) >= 11 is 0. The summed E-state index contributed by atoms with van der Waals surface area (Å²) in [5.41, 5.74) is 3.58. The third-order valence-electron chi connectivity index (χ3n) is 5.48. The van der Waals surface area contributed by atoms with E-state index < -0.39 is 0 Å². The molecule has 1 aromatic heterocycles. The van der Waals surface area contributed by atoms with E-state index in [0.29, 0.717) is 32.7 Å². The Morgan fingerprint density at radius 1 is 1.00 bits per heavy atom. The minimum atomic E-state index is 0.195. The van der Waals surface area contributed by atoms with Crippen molar-refractivity contribution in [2.45, 2.75) is 39.8 Å². The molecule has 0 saturated heterocycles. The Morgan fingerprint density at radius 3 is 2.48 bits per heavy atom. The number of amides is 1. The molecule has 0 unspecified atom stereocenters. The first-order valence-corrected chi connectivity index (χ1v) is 10.4. The van der Waals surface area contributed by atoms with Crippen molar-refractivity contribution < 1.29 is 14.3 Å². The Labute approximate surface area is 171 Å². The second-order valence-corrected chi connectivity index (χ2v) is 7.32. The number of hydrogen-bond donors (Lipinski definition) is 0. The summed E-state index contributed by atoms with van der Waals surface area (Å²) in [6.07, 6.45) is 3.41. The fourth-order valence-electron chi connectivity index (χ4n) is 4.02. The summed E-state index contributed by atoms with van der Waals surface area (Å²) in [7, 11) is 0. The van der Waals surface area contributed by atoms with Gasteiger partial charge < -0.3 is 18.9 Å². The van der Waals surface area contributed by atoms with E-state index >= 15 is 0 Å². The normalized spacial score (nSPS) is 13.4. The van der Waals surface area contributed by atoms with Gasteiger partial charge in [-0.3, -0.25) is 4.79 Å². The fraction of sp³-hybridized carbons (Fsp3) is 0.375. The average molecular weight is 392 g/mol. The molecule has 5 heteroatoms. The van der Waals surface area contributed by atoms with Crippen LogP contribution in [0.25, 0.3) is 10.9 Å². The van der Waals surface area contributed by atoms with Crippen molar-refractivity contribution in [3.63, 3.8) is 0 Å². The van der Waals surface area contributed by atoms with Crippen molar-refractivity contribution in [2.75, 3.05) is 19.8 Å². The third-order valence-corrected chi connectivity index (χ3v) is 5.48. The van der Waals surface area contributed by atoms with Crippen molar-refractivity contribution in [3.05, 3.63) is 59.8 Å². The molecular formula is C24H28N2O3. The highest BCUT2D eigenvalue weighted by atomic mass is 16.5. The van der Waals surface area contributed by atoms with Crippen LogP contribution in [0, 0.1) is 0 Å². The average Bonchev–Trinajstić information content (AvgIpc) is 3.15. The minimum absolute atomic E-state index is 0.195. The lowest BCUT2D eigenvalue weighted by Gasteiger charge is -2.30. The smallest absolute Gasteiger partial charge is 0.224 e. The number of hydrogen-bond acceptors (Lipinski definition) is 3. The Kier molecular flexibility index (Phi) is 5.74. The number of aryl methyl sites for hydroxylation is 1. The molecular weight excluding hydrogens is 364 g/mol. The van der Waals surface area contributed by atoms with E-state index in [1.807, 2.05) is 36.9 Å². The molecule has 0 saturated carbocycles. The number of ether oxygens (including phenoxy) is 2. The number of rotatable bonds is 7. The number of para-hydroxylation sites is 1. The topological polar surface area (TPSA) is 43.7 Å². The zero-order chi connectivity index (χ0) is 20.2. The van der Waals surface area contributed by atoms with Crippen molar-refractivity contribution in [1.82, 2.24) is 9.47 Å². The van der Waals surface area contributed by atoms with E-state index in [1.165, 1.54) is 16.5 Å². The van der Waals surface area contributed by atoms with Gasteiger partial charge in [-0.2, -0.15) is 0 Å². The van der Waals surface area contributed by atoms with Gasteiger partial charge >= 0.3 is 0 Å². The van der Waals surface area contributed by atoms with Gasteiger partial charge in [-0.15, -0.1) is 0 Å². The molecule has 0 bridgehead atoms. The standard InChI is InChI=1S/C24H28N2O3/c1-3-28-22-15-19-10-13-26(17-20(19)16-23(22)29-4-2)24(27)11-14-25-12-9-18-7-5-6-8-21(18)25/h5-9,12,15-16H,3-4,10-11,13-14,17H2,1-2H3. The minimum Gasteiger partial charge on any atom is -0.490 e. The van der Waals surface area contributed by atoms with E-state index in [1.54, 1.807) is 0 Å². The van der Waals surface area contributed by atoms with Crippen LogP contribution in [-0.2, 0) is 24.3 Å². The van der Waals surface area contributed by atoms with Gasteiger partial charge in [-0.25, -0.2) is 0 Å². The monoisotopic (exact) mass is 392 g/mol. The molecule has 2 aromatic carbocycles. The predicted molar refractivity (Wildman–Crippen MR) is 114 cm³/mol. The van der Waals surface area contributed by atoms with Gasteiger partial charge in [0.2, 0.25) is 5.91 Å². The number of carbonyl (C=O) groups is 1. The Bertz CT molecular complexity index is 1010. The van der Waals surface area contributed by atoms with Gasteiger partial charge in [0, 0.05) is 37.8 Å². The van der Waals surface area contributed by atoms with Gasteiger partial charge in [0.1, 0.15) is 0 Å². The molecule has 1 amide bonds. The second kappa shape index (κ2) is 8.60. The van der Waals surface area contributed by atoms with Crippen LogP contribution in [0.3, 0.4) is 0 Å². The SMILES string of the molecule is CCOc1cc2c(cc1OCC)CN(C(=O)CCn1ccc3ccccc31)CC2. The van der Waals surface area contributed by atoms with Crippen LogP contribution < -0.4 is 9.47 Å². The van der Waals surface area contributed by atoms with Gasteiger partial charge in [0.15, 0.2) is 11.5 Å². The lowest BCUT2D eigenvalue weighted by atomic mass is 9.98.